The van der Waals surface area contributed by atoms with Crippen LogP contribution >= 0.6 is 22.6 Å². The van der Waals surface area contributed by atoms with E-state index in [2.05, 4.69) is 78.2 Å². The first kappa shape index (κ1) is 13.4. The van der Waals surface area contributed by atoms with Gasteiger partial charge in [-0.2, -0.15) is 5.10 Å². The smallest absolute Gasteiger partial charge is 0.0539 e. The number of anilines is 1. The lowest BCUT2D eigenvalue weighted by molar-refractivity contribution is 0.532. The van der Waals surface area contributed by atoms with Gasteiger partial charge in [-0.3, -0.25) is 4.68 Å². The highest BCUT2D eigenvalue weighted by atomic mass is 127. The van der Waals surface area contributed by atoms with Gasteiger partial charge in [-0.15, -0.1) is 0 Å². The van der Waals surface area contributed by atoms with Gasteiger partial charge in [0.05, 0.1) is 6.20 Å². The Hall–Kier alpha value is -1.04. The predicted octanol–water partition coefficient (Wildman–Crippen LogP) is 3.99. The summed E-state index contributed by atoms with van der Waals surface area (Å²) in [4.78, 5) is 0. The van der Waals surface area contributed by atoms with Crippen molar-refractivity contribution in [2.24, 2.45) is 0 Å². The Kier molecular flexibility index (Phi) is 4.27. The van der Waals surface area contributed by atoms with E-state index < -0.39 is 0 Å². The van der Waals surface area contributed by atoms with Crippen LogP contribution in [0.2, 0.25) is 0 Å². The molecule has 0 saturated carbocycles. The van der Waals surface area contributed by atoms with Crippen LogP contribution in [-0.4, -0.2) is 9.78 Å². The van der Waals surface area contributed by atoms with Gasteiger partial charge < -0.3 is 5.32 Å². The molecule has 1 aromatic carbocycles. The van der Waals surface area contributed by atoms with Crippen molar-refractivity contribution in [2.45, 2.75) is 33.4 Å². The van der Waals surface area contributed by atoms with E-state index in [4.69, 9.17) is 0 Å². The van der Waals surface area contributed by atoms with Gasteiger partial charge >= 0.3 is 0 Å². The Balaban J connectivity index is 2.00. The summed E-state index contributed by atoms with van der Waals surface area (Å²) in [6.45, 7) is 7.20. The van der Waals surface area contributed by atoms with E-state index in [1.54, 1.807) is 0 Å². The molecule has 0 spiro atoms. The summed E-state index contributed by atoms with van der Waals surface area (Å²) in [7, 11) is 0. The second-order valence-electron chi connectivity index (χ2n) is 4.74. The first-order valence-electron chi connectivity index (χ1n) is 6.09. The molecule has 0 atom stereocenters. The Labute approximate surface area is 122 Å². The maximum Gasteiger partial charge on any atom is 0.0539 e. The van der Waals surface area contributed by atoms with Crippen molar-refractivity contribution in [3.05, 3.63) is 45.3 Å². The first-order chi connectivity index (χ1) is 8.56. The van der Waals surface area contributed by atoms with Crippen molar-refractivity contribution < 1.29 is 0 Å². The molecule has 0 radical (unpaired) electrons. The molecule has 0 fully saturated rings. The van der Waals surface area contributed by atoms with Gasteiger partial charge in [-0.05, 0) is 61.1 Å². The minimum atomic E-state index is 0.416. The average molecular weight is 355 g/mol. The van der Waals surface area contributed by atoms with Crippen molar-refractivity contribution in [2.75, 3.05) is 5.32 Å². The van der Waals surface area contributed by atoms with Crippen molar-refractivity contribution in [1.29, 1.82) is 0 Å². The fraction of sp³-hybridized carbons (Fsp3) is 0.357. The van der Waals surface area contributed by atoms with Crippen molar-refractivity contribution in [3.63, 3.8) is 0 Å². The van der Waals surface area contributed by atoms with Gasteiger partial charge in [0.15, 0.2) is 0 Å². The van der Waals surface area contributed by atoms with Crippen molar-refractivity contribution in [1.82, 2.24) is 9.78 Å². The third-order valence-electron chi connectivity index (χ3n) is 2.85. The number of aromatic nitrogens is 2. The average Bonchev–Trinajstić information content (AvgIpc) is 2.79. The zero-order chi connectivity index (χ0) is 13.1. The highest BCUT2D eigenvalue weighted by Gasteiger charge is 2.02. The van der Waals surface area contributed by atoms with E-state index >= 15 is 0 Å². The van der Waals surface area contributed by atoms with Crippen LogP contribution in [0.1, 0.15) is 31.0 Å². The first-order valence-corrected chi connectivity index (χ1v) is 7.17. The molecule has 96 valence electrons. The lowest BCUT2D eigenvalue weighted by Crippen LogP contribution is -2.01. The number of rotatable bonds is 4. The highest BCUT2D eigenvalue weighted by molar-refractivity contribution is 14.1. The number of nitrogens with zero attached hydrogens (tertiary/aromatic N) is 2. The standard InChI is InChI=1S/C14H18IN3/c1-10(2)18-9-12(8-17-18)7-16-13-5-4-11(3)14(15)6-13/h4-6,8-10,16H,7H2,1-3H3. The summed E-state index contributed by atoms with van der Waals surface area (Å²) in [6.07, 6.45) is 4.02. The number of hydrogen-bond donors (Lipinski definition) is 1. The van der Waals surface area contributed by atoms with E-state index in [0.717, 1.165) is 12.2 Å². The van der Waals surface area contributed by atoms with E-state index in [0.29, 0.717) is 6.04 Å². The van der Waals surface area contributed by atoms with Crippen molar-refractivity contribution >= 4 is 28.3 Å². The van der Waals surface area contributed by atoms with Gasteiger partial charge in [0.2, 0.25) is 0 Å². The minimum absolute atomic E-state index is 0.416. The van der Waals surface area contributed by atoms with E-state index in [-0.39, 0.29) is 0 Å². The summed E-state index contributed by atoms with van der Waals surface area (Å²) >= 11 is 2.36. The summed E-state index contributed by atoms with van der Waals surface area (Å²) in [5, 5.41) is 7.76. The molecule has 2 rings (SSSR count). The molecule has 0 saturated heterocycles. The molecule has 18 heavy (non-hydrogen) atoms. The van der Waals surface area contributed by atoms with Crippen LogP contribution in [0.15, 0.2) is 30.6 Å². The molecule has 0 aliphatic carbocycles. The highest BCUT2D eigenvalue weighted by Crippen LogP contribution is 2.17. The third-order valence-corrected chi connectivity index (χ3v) is 4.01. The number of halogens is 1. The number of nitrogens with one attached hydrogen (secondary N) is 1. The Morgan fingerprint density at radius 2 is 2.17 bits per heavy atom. The van der Waals surface area contributed by atoms with Crippen LogP contribution in [0.3, 0.4) is 0 Å². The molecule has 0 amide bonds. The van der Waals surface area contributed by atoms with E-state index in [1.807, 2.05) is 10.9 Å². The number of hydrogen-bond acceptors (Lipinski definition) is 2. The number of aryl methyl sites for hydroxylation is 1. The van der Waals surface area contributed by atoms with Crippen molar-refractivity contribution in [3.8, 4) is 0 Å². The molecule has 0 aliphatic rings. The molecule has 1 heterocycles. The topological polar surface area (TPSA) is 29.9 Å². The second kappa shape index (κ2) is 5.73. The van der Waals surface area contributed by atoms with Crippen LogP contribution in [-0.2, 0) is 6.54 Å². The van der Waals surface area contributed by atoms with Gasteiger partial charge in [0, 0.05) is 33.6 Å². The fourth-order valence-corrected chi connectivity index (χ4v) is 2.17. The Morgan fingerprint density at radius 3 is 2.78 bits per heavy atom. The molecule has 3 nitrogen and oxygen atoms in total. The normalized spacial score (nSPS) is 10.9. The maximum absolute atomic E-state index is 4.33. The van der Waals surface area contributed by atoms with Crippen LogP contribution in [0.5, 0.6) is 0 Å². The zero-order valence-electron chi connectivity index (χ0n) is 10.9. The Bertz CT molecular complexity index is 532. The Morgan fingerprint density at radius 1 is 1.39 bits per heavy atom. The van der Waals surface area contributed by atoms with E-state index in [9.17, 15) is 0 Å². The van der Waals surface area contributed by atoms with Crippen LogP contribution in [0.4, 0.5) is 5.69 Å². The molecule has 1 aromatic heterocycles. The number of benzene rings is 1. The van der Waals surface area contributed by atoms with Gasteiger partial charge in [0.25, 0.3) is 0 Å². The lowest BCUT2D eigenvalue weighted by Gasteiger charge is -2.07. The van der Waals surface area contributed by atoms with Gasteiger partial charge in [0.1, 0.15) is 0 Å². The quantitative estimate of drug-likeness (QED) is 0.841. The van der Waals surface area contributed by atoms with Crippen LogP contribution in [0.25, 0.3) is 0 Å². The maximum atomic E-state index is 4.33. The van der Waals surface area contributed by atoms with Crippen LogP contribution < -0.4 is 5.32 Å². The summed E-state index contributed by atoms with van der Waals surface area (Å²) in [6, 6.07) is 6.84. The predicted molar refractivity (Wildman–Crippen MR) is 83.8 cm³/mol. The van der Waals surface area contributed by atoms with Gasteiger partial charge in [-0.1, -0.05) is 6.07 Å². The van der Waals surface area contributed by atoms with E-state index in [1.165, 1.54) is 14.7 Å². The molecule has 2 aromatic rings. The molecule has 0 aliphatic heterocycles. The SMILES string of the molecule is Cc1ccc(NCc2cnn(C(C)C)c2)cc1I. The largest absolute Gasteiger partial charge is 0.381 e. The minimum Gasteiger partial charge on any atom is -0.381 e. The molecule has 0 unspecified atom stereocenters. The molecule has 4 heteroatoms. The summed E-state index contributed by atoms with van der Waals surface area (Å²) in [5.41, 5.74) is 3.68. The molecule has 1 N–H and O–H groups in total. The molecule has 0 bridgehead atoms. The van der Waals surface area contributed by atoms with Gasteiger partial charge in [-0.25, -0.2) is 0 Å². The lowest BCUT2D eigenvalue weighted by atomic mass is 10.2. The monoisotopic (exact) mass is 355 g/mol. The fourth-order valence-electron chi connectivity index (χ4n) is 1.66. The zero-order valence-corrected chi connectivity index (χ0v) is 13.1. The summed E-state index contributed by atoms with van der Waals surface area (Å²) in [5.74, 6) is 0. The second-order valence-corrected chi connectivity index (χ2v) is 5.90. The molecular formula is C14H18IN3. The summed E-state index contributed by atoms with van der Waals surface area (Å²) < 4.78 is 3.27. The van der Waals surface area contributed by atoms with Crippen LogP contribution in [0, 0.1) is 10.5 Å². The third kappa shape index (κ3) is 3.25. The molecular weight excluding hydrogens is 337 g/mol.